The number of amides is 2. The molecule has 1 aliphatic heterocycles. The molecule has 0 radical (unpaired) electrons. The number of fused-ring (bicyclic) bond motifs is 1. The lowest BCUT2D eigenvalue weighted by Gasteiger charge is -2.30. The molecule has 0 unspecified atom stereocenters. The average molecular weight is 537 g/mol. The quantitative estimate of drug-likeness (QED) is 0.364. The lowest BCUT2D eigenvalue weighted by Crippen LogP contribution is -2.46. The van der Waals surface area contributed by atoms with E-state index in [1.807, 2.05) is 62.4 Å². The minimum atomic E-state index is -0.928. The Bertz CT molecular complexity index is 1820. The molecule has 10 nitrogen and oxygen atoms in total. The number of nitrogens with zero attached hydrogens (tertiary/aromatic N) is 5. The predicted molar refractivity (Wildman–Crippen MR) is 149 cm³/mol. The standard InChI is InChI=1S/C30H28N6O4/c1-18-14-23(33-40-18)28(38)32-27-26(19-8-6-5-7-9-19)35(29(39)30(27,2)3)21-10-12-24-20(15-21)16-31-36(24)22-11-13-25(37)34(4)17-22/h5-17,26-27H,1-4H3,(H,32,38)/t26-,27-/m1/s1. The van der Waals surface area contributed by atoms with Gasteiger partial charge in [0.25, 0.3) is 5.91 Å². The van der Waals surface area contributed by atoms with Crippen LogP contribution in [0.4, 0.5) is 5.69 Å². The fourth-order valence-corrected chi connectivity index (χ4v) is 5.41. The summed E-state index contributed by atoms with van der Waals surface area (Å²) in [5, 5.41) is 12.3. The maximum atomic E-state index is 14.1. The molecule has 1 aliphatic rings. The minimum Gasteiger partial charge on any atom is -0.361 e. The Balaban J connectivity index is 1.43. The van der Waals surface area contributed by atoms with Crippen LogP contribution in [0.3, 0.4) is 0 Å². The Labute approximate surface area is 229 Å². The molecule has 0 aliphatic carbocycles. The van der Waals surface area contributed by atoms with E-state index in [0.29, 0.717) is 11.4 Å². The van der Waals surface area contributed by atoms with Crippen LogP contribution in [0.15, 0.2) is 88.4 Å². The number of hydrogen-bond acceptors (Lipinski definition) is 6. The van der Waals surface area contributed by atoms with Gasteiger partial charge in [-0.25, -0.2) is 4.68 Å². The summed E-state index contributed by atoms with van der Waals surface area (Å²) in [5.41, 5.74) is 2.29. The number of carbonyl (C=O) groups excluding carboxylic acids is 2. The molecular weight excluding hydrogens is 508 g/mol. The summed E-state index contributed by atoms with van der Waals surface area (Å²) in [6, 6.07) is 19.2. The lowest BCUT2D eigenvalue weighted by molar-refractivity contribution is -0.124. The Kier molecular flexibility index (Phi) is 5.90. The van der Waals surface area contributed by atoms with Gasteiger partial charge in [-0.1, -0.05) is 35.5 Å². The van der Waals surface area contributed by atoms with Gasteiger partial charge >= 0.3 is 0 Å². The largest absolute Gasteiger partial charge is 0.361 e. The van der Waals surface area contributed by atoms with Gasteiger partial charge in [-0.15, -0.1) is 0 Å². The van der Waals surface area contributed by atoms with Gasteiger partial charge in [0.15, 0.2) is 5.69 Å². The number of rotatable bonds is 5. The fourth-order valence-electron chi connectivity index (χ4n) is 5.41. The Morgan fingerprint density at radius 1 is 1.00 bits per heavy atom. The first-order chi connectivity index (χ1) is 19.1. The molecule has 0 bridgehead atoms. The van der Waals surface area contributed by atoms with Gasteiger partial charge < -0.3 is 19.3 Å². The summed E-state index contributed by atoms with van der Waals surface area (Å²) < 4.78 is 8.36. The molecule has 0 spiro atoms. The number of carbonyl (C=O) groups is 2. The van der Waals surface area contributed by atoms with E-state index in [2.05, 4.69) is 15.6 Å². The maximum absolute atomic E-state index is 14.1. The van der Waals surface area contributed by atoms with Crippen molar-refractivity contribution < 1.29 is 14.1 Å². The van der Waals surface area contributed by atoms with Crippen LogP contribution in [0.1, 0.15) is 41.7 Å². The normalized spacial score (nSPS) is 18.4. The van der Waals surface area contributed by atoms with Gasteiger partial charge in [-0.05, 0) is 50.6 Å². The van der Waals surface area contributed by atoms with Gasteiger partial charge in [-0.3, -0.25) is 14.4 Å². The third kappa shape index (κ3) is 4.08. The predicted octanol–water partition coefficient (Wildman–Crippen LogP) is 3.93. The van der Waals surface area contributed by atoms with E-state index in [9.17, 15) is 14.4 Å². The second-order valence-corrected chi connectivity index (χ2v) is 10.7. The number of pyridine rings is 1. The Morgan fingerprint density at radius 3 is 2.45 bits per heavy atom. The number of hydrogen-bond donors (Lipinski definition) is 1. The first-order valence-electron chi connectivity index (χ1n) is 12.9. The highest BCUT2D eigenvalue weighted by Crippen LogP contribution is 2.47. The zero-order chi connectivity index (χ0) is 28.2. The summed E-state index contributed by atoms with van der Waals surface area (Å²) in [4.78, 5) is 40.9. The lowest BCUT2D eigenvalue weighted by atomic mass is 9.82. The topological polar surface area (TPSA) is 115 Å². The van der Waals surface area contributed by atoms with Gasteiger partial charge in [0.05, 0.1) is 34.9 Å². The van der Waals surface area contributed by atoms with E-state index in [-0.39, 0.29) is 17.2 Å². The fraction of sp³-hybridized carbons (Fsp3) is 0.233. The molecule has 40 heavy (non-hydrogen) atoms. The van der Waals surface area contributed by atoms with Crippen LogP contribution in [-0.2, 0) is 11.8 Å². The van der Waals surface area contributed by atoms with E-state index >= 15 is 0 Å². The highest BCUT2D eigenvalue weighted by Gasteiger charge is 2.55. The van der Waals surface area contributed by atoms with E-state index < -0.39 is 23.4 Å². The molecule has 2 aromatic carbocycles. The third-order valence-electron chi connectivity index (χ3n) is 7.57. The highest BCUT2D eigenvalue weighted by molar-refractivity contribution is 6.04. The molecule has 1 fully saturated rings. The molecule has 0 saturated carbocycles. The zero-order valence-electron chi connectivity index (χ0n) is 22.5. The SMILES string of the molecule is Cc1cc(C(=O)N[C@@H]2[C@@H](c3ccccc3)N(c3ccc4c(cnn4-c4ccc(=O)n(C)c4)c3)C(=O)C2(C)C)no1. The summed E-state index contributed by atoms with van der Waals surface area (Å²) in [6.07, 6.45) is 3.46. The first kappa shape index (κ1) is 25.3. The van der Waals surface area contributed by atoms with Crippen molar-refractivity contribution in [3.63, 3.8) is 0 Å². The molecule has 1 N–H and O–H groups in total. The van der Waals surface area contributed by atoms with E-state index in [1.54, 1.807) is 48.1 Å². The molecule has 6 rings (SSSR count). The van der Waals surface area contributed by atoms with Crippen LogP contribution >= 0.6 is 0 Å². The second kappa shape index (κ2) is 9.33. The molecule has 5 aromatic rings. The zero-order valence-corrected chi connectivity index (χ0v) is 22.5. The van der Waals surface area contributed by atoms with Crippen molar-refractivity contribution in [1.29, 1.82) is 0 Å². The van der Waals surface area contributed by atoms with Crippen molar-refractivity contribution in [3.05, 3.63) is 106 Å². The Morgan fingerprint density at radius 2 is 1.75 bits per heavy atom. The minimum absolute atomic E-state index is 0.107. The Hall–Kier alpha value is -4.99. The van der Waals surface area contributed by atoms with E-state index in [0.717, 1.165) is 22.2 Å². The average Bonchev–Trinajstić information content (AvgIpc) is 3.62. The summed E-state index contributed by atoms with van der Waals surface area (Å²) in [6.45, 7) is 5.42. The highest BCUT2D eigenvalue weighted by atomic mass is 16.5. The van der Waals surface area contributed by atoms with Crippen LogP contribution in [0, 0.1) is 12.3 Å². The molecule has 3 aromatic heterocycles. The van der Waals surface area contributed by atoms with E-state index in [1.165, 1.54) is 10.6 Å². The molecular formula is C30H28N6O4. The molecule has 2 amide bonds. The van der Waals surface area contributed by atoms with Crippen molar-refractivity contribution in [3.8, 4) is 5.69 Å². The summed E-state index contributed by atoms with van der Waals surface area (Å²) in [7, 11) is 1.69. The van der Waals surface area contributed by atoms with Crippen molar-refractivity contribution in [1.82, 2.24) is 24.8 Å². The molecule has 4 heterocycles. The van der Waals surface area contributed by atoms with Crippen LogP contribution in [0.2, 0.25) is 0 Å². The van der Waals surface area contributed by atoms with Crippen molar-refractivity contribution in [2.45, 2.75) is 32.9 Å². The van der Waals surface area contributed by atoms with Crippen LogP contribution in [-0.4, -0.2) is 37.4 Å². The number of benzene rings is 2. The van der Waals surface area contributed by atoms with Crippen LogP contribution in [0.25, 0.3) is 16.6 Å². The van der Waals surface area contributed by atoms with Gasteiger partial charge in [0, 0.05) is 36.5 Å². The number of nitrogens with one attached hydrogen (secondary N) is 1. The van der Waals surface area contributed by atoms with Gasteiger partial charge in [0.1, 0.15) is 5.76 Å². The van der Waals surface area contributed by atoms with Crippen LogP contribution in [0.5, 0.6) is 0 Å². The van der Waals surface area contributed by atoms with Crippen molar-refractivity contribution in [2.75, 3.05) is 4.90 Å². The molecule has 202 valence electrons. The van der Waals surface area contributed by atoms with Crippen LogP contribution < -0.4 is 15.8 Å². The summed E-state index contributed by atoms with van der Waals surface area (Å²) in [5.74, 6) is 0.00648. The molecule has 10 heteroatoms. The number of aryl methyl sites for hydroxylation is 2. The van der Waals surface area contributed by atoms with Crippen molar-refractivity contribution in [2.24, 2.45) is 12.5 Å². The molecule has 2 atom stereocenters. The van der Waals surface area contributed by atoms with Crippen molar-refractivity contribution >= 4 is 28.4 Å². The monoisotopic (exact) mass is 536 g/mol. The number of aromatic nitrogens is 4. The second-order valence-electron chi connectivity index (χ2n) is 10.7. The summed E-state index contributed by atoms with van der Waals surface area (Å²) >= 11 is 0. The third-order valence-corrected chi connectivity index (χ3v) is 7.57. The maximum Gasteiger partial charge on any atom is 0.273 e. The van der Waals surface area contributed by atoms with E-state index in [4.69, 9.17) is 4.52 Å². The first-order valence-corrected chi connectivity index (χ1v) is 12.9. The van der Waals surface area contributed by atoms with Gasteiger partial charge in [0.2, 0.25) is 11.5 Å². The smallest absolute Gasteiger partial charge is 0.273 e. The molecule has 1 saturated heterocycles. The van der Waals surface area contributed by atoms with Gasteiger partial charge in [-0.2, -0.15) is 5.10 Å². The number of anilines is 1.